The molecule has 0 amide bonds. The lowest BCUT2D eigenvalue weighted by Crippen LogP contribution is -2.21. The molecule has 4 aromatic heterocycles. The van der Waals surface area contributed by atoms with E-state index in [1.807, 2.05) is 37.3 Å². The number of halogens is 1. The summed E-state index contributed by atoms with van der Waals surface area (Å²) in [5.41, 5.74) is 6.54. The Labute approximate surface area is 246 Å². The Balaban J connectivity index is 1.37. The van der Waals surface area contributed by atoms with Crippen LogP contribution in [0.15, 0.2) is 67.1 Å². The lowest BCUT2D eigenvalue weighted by Gasteiger charge is -2.13. The normalized spacial score (nSPS) is 12.7. The number of H-pyrrole nitrogens is 2. The Morgan fingerprint density at radius 3 is 2.70 bits per heavy atom. The van der Waals surface area contributed by atoms with Gasteiger partial charge in [0.15, 0.2) is 11.5 Å². The predicted molar refractivity (Wildman–Crippen MR) is 164 cm³/mol. The molecule has 220 valence electrons. The molecule has 11 nitrogen and oxygen atoms in total. The number of aromatic nitrogens is 6. The molecule has 0 aliphatic heterocycles. The smallest absolute Gasteiger partial charge is 0.209 e. The number of aliphatic hydroxyl groups is 1. The first-order valence-electron chi connectivity index (χ1n) is 13.6. The average molecular weight is 601 g/mol. The minimum atomic E-state index is -3.44. The molecule has 0 saturated heterocycles. The van der Waals surface area contributed by atoms with Gasteiger partial charge < -0.3 is 15.4 Å². The van der Waals surface area contributed by atoms with Crippen molar-refractivity contribution in [3.05, 3.63) is 78.5 Å². The van der Waals surface area contributed by atoms with Crippen LogP contribution in [0.1, 0.15) is 25.3 Å². The molecule has 6 rings (SSSR count). The highest BCUT2D eigenvalue weighted by Crippen LogP contribution is 2.33. The van der Waals surface area contributed by atoms with Crippen LogP contribution in [0, 0.1) is 5.82 Å². The Morgan fingerprint density at radius 2 is 1.88 bits per heavy atom. The van der Waals surface area contributed by atoms with E-state index in [1.54, 1.807) is 24.7 Å². The number of pyridine rings is 2. The molecular weight excluding hydrogens is 571 g/mol. The summed E-state index contributed by atoms with van der Waals surface area (Å²) in [6, 6.07) is 13.8. The van der Waals surface area contributed by atoms with Crippen molar-refractivity contribution in [2.45, 2.75) is 32.5 Å². The van der Waals surface area contributed by atoms with E-state index in [0.29, 0.717) is 51.5 Å². The monoisotopic (exact) mass is 600 g/mol. The number of sulfonamides is 1. The molecule has 0 aliphatic carbocycles. The minimum Gasteiger partial charge on any atom is -0.374 e. The van der Waals surface area contributed by atoms with E-state index in [1.165, 1.54) is 12.1 Å². The van der Waals surface area contributed by atoms with Crippen molar-refractivity contribution in [2.75, 3.05) is 11.6 Å². The predicted octanol–water partition coefficient (Wildman–Crippen LogP) is 4.95. The van der Waals surface area contributed by atoms with E-state index in [2.05, 4.69) is 35.2 Å². The van der Waals surface area contributed by atoms with Crippen molar-refractivity contribution in [2.24, 2.45) is 0 Å². The van der Waals surface area contributed by atoms with Gasteiger partial charge in [-0.3, -0.25) is 10.1 Å². The summed E-state index contributed by atoms with van der Waals surface area (Å²) in [5, 5.41) is 21.4. The zero-order chi connectivity index (χ0) is 30.1. The molecule has 43 heavy (non-hydrogen) atoms. The van der Waals surface area contributed by atoms with Crippen LogP contribution < -0.4 is 10.0 Å². The Kier molecular flexibility index (Phi) is 7.61. The topological polar surface area (TPSA) is 162 Å². The minimum absolute atomic E-state index is 0.0331. The molecule has 2 aromatic carbocycles. The Bertz CT molecular complexity index is 2060. The van der Waals surface area contributed by atoms with E-state index in [0.717, 1.165) is 34.7 Å². The van der Waals surface area contributed by atoms with Crippen molar-refractivity contribution >= 4 is 37.8 Å². The van der Waals surface area contributed by atoms with Crippen LogP contribution in [0.3, 0.4) is 0 Å². The maximum Gasteiger partial charge on any atom is 0.209 e. The van der Waals surface area contributed by atoms with Crippen LogP contribution in [0.4, 0.5) is 10.1 Å². The lowest BCUT2D eigenvalue weighted by atomic mass is 10.0. The summed E-state index contributed by atoms with van der Waals surface area (Å²) >= 11 is 0. The number of hydrogen-bond acceptors (Lipinski definition) is 8. The molecule has 0 aliphatic rings. The first-order valence-corrected chi connectivity index (χ1v) is 15.5. The Morgan fingerprint density at radius 1 is 1.05 bits per heavy atom. The van der Waals surface area contributed by atoms with E-state index < -0.39 is 22.1 Å². The SMILES string of the molecule is CCCC(O)Nc1cncc(-c2cnc3n[nH]c(-c4nc5c(-c6cc(F)cc(CNS(C)(=O)=O)c6)cccc5[nH]4)c3c2)c1. The maximum atomic E-state index is 14.6. The van der Waals surface area contributed by atoms with Gasteiger partial charge in [-0.1, -0.05) is 25.5 Å². The highest BCUT2D eigenvalue weighted by Gasteiger charge is 2.17. The van der Waals surface area contributed by atoms with Crippen LogP contribution in [0.2, 0.25) is 0 Å². The third-order valence-electron chi connectivity index (χ3n) is 6.93. The van der Waals surface area contributed by atoms with Crippen LogP contribution >= 0.6 is 0 Å². The average Bonchev–Trinajstić information content (AvgIpc) is 3.59. The van der Waals surface area contributed by atoms with Gasteiger partial charge in [-0.15, -0.1) is 0 Å². The number of nitrogens with zero attached hydrogens (tertiary/aromatic N) is 4. The standard InChI is InChI=1S/C30H29FN8O3S/c1-3-5-26(40)35-22-11-19(14-32-16-22)20-12-24-28(38-39-29(24)33-15-20)30-36-25-7-4-6-23(27(25)37-30)18-8-17(9-21(31)10-18)13-34-43(2,41)42/h4,6-12,14-16,26,34-35,40H,3,5,13H2,1-2H3,(H,36,37)(H,33,38,39). The summed E-state index contributed by atoms with van der Waals surface area (Å²) in [7, 11) is -3.44. The quantitative estimate of drug-likeness (QED) is 0.138. The van der Waals surface area contributed by atoms with Gasteiger partial charge in [0.25, 0.3) is 0 Å². The second-order valence-electron chi connectivity index (χ2n) is 10.3. The van der Waals surface area contributed by atoms with Gasteiger partial charge in [-0.2, -0.15) is 5.10 Å². The lowest BCUT2D eigenvalue weighted by molar-refractivity contribution is 0.192. The van der Waals surface area contributed by atoms with Gasteiger partial charge in [0.05, 0.1) is 34.6 Å². The number of benzene rings is 2. The number of hydrogen-bond donors (Lipinski definition) is 5. The van der Waals surface area contributed by atoms with E-state index in [-0.39, 0.29) is 6.54 Å². The van der Waals surface area contributed by atoms with Crippen LogP contribution in [-0.4, -0.2) is 56.1 Å². The van der Waals surface area contributed by atoms with E-state index in [4.69, 9.17) is 4.98 Å². The number of para-hydroxylation sites is 1. The molecule has 0 radical (unpaired) electrons. The fourth-order valence-electron chi connectivity index (χ4n) is 4.96. The molecule has 0 fully saturated rings. The fourth-order valence-corrected chi connectivity index (χ4v) is 5.39. The number of aromatic amines is 2. The molecule has 4 heterocycles. The number of imidazole rings is 1. The third-order valence-corrected chi connectivity index (χ3v) is 7.60. The van der Waals surface area contributed by atoms with Crippen LogP contribution in [0.25, 0.3) is 55.8 Å². The summed E-state index contributed by atoms with van der Waals surface area (Å²) in [6.07, 6.45) is 6.97. The van der Waals surface area contributed by atoms with E-state index in [9.17, 15) is 17.9 Å². The second kappa shape index (κ2) is 11.5. The largest absolute Gasteiger partial charge is 0.374 e. The number of fused-ring (bicyclic) bond motifs is 2. The Hall–Kier alpha value is -4.72. The zero-order valence-electron chi connectivity index (χ0n) is 23.4. The number of aliphatic hydroxyl groups excluding tert-OH is 1. The highest BCUT2D eigenvalue weighted by molar-refractivity contribution is 7.88. The van der Waals surface area contributed by atoms with Crippen molar-refractivity contribution < 1.29 is 17.9 Å². The molecule has 13 heteroatoms. The zero-order valence-corrected chi connectivity index (χ0v) is 24.2. The van der Waals surface area contributed by atoms with Gasteiger partial charge in [0, 0.05) is 35.6 Å². The molecular formula is C30H29FN8O3S. The van der Waals surface area contributed by atoms with Crippen LogP contribution in [-0.2, 0) is 16.6 Å². The van der Waals surface area contributed by atoms with E-state index >= 15 is 0 Å². The van der Waals surface area contributed by atoms with Crippen molar-refractivity contribution in [1.29, 1.82) is 0 Å². The second-order valence-corrected chi connectivity index (χ2v) is 12.2. The van der Waals surface area contributed by atoms with Gasteiger partial charge >= 0.3 is 0 Å². The maximum absolute atomic E-state index is 14.6. The molecule has 1 atom stereocenters. The molecule has 1 unspecified atom stereocenters. The number of anilines is 1. The molecule has 5 N–H and O–H groups in total. The van der Waals surface area contributed by atoms with Crippen molar-refractivity contribution in [1.82, 2.24) is 34.9 Å². The van der Waals surface area contributed by atoms with Crippen molar-refractivity contribution in [3.63, 3.8) is 0 Å². The summed E-state index contributed by atoms with van der Waals surface area (Å²) < 4.78 is 40.1. The van der Waals surface area contributed by atoms with Gasteiger partial charge in [-0.25, -0.2) is 27.5 Å². The number of rotatable bonds is 10. The first kappa shape index (κ1) is 28.4. The summed E-state index contributed by atoms with van der Waals surface area (Å²) in [6.45, 7) is 1.97. The molecule has 0 saturated carbocycles. The number of nitrogens with one attached hydrogen (secondary N) is 4. The molecule has 0 bridgehead atoms. The third kappa shape index (κ3) is 6.23. The molecule has 0 spiro atoms. The molecule has 6 aromatic rings. The van der Waals surface area contributed by atoms with Crippen LogP contribution in [0.5, 0.6) is 0 Å². The summed E-state index contributed by atoms with van der Waals surface area (Å²) in [5.74, 6) is 0.0397. The fraction of sp³-hybridized carbons (Fsp3) is 0.200. The van der Waals surface area contributed by atoms with Gasteiger partial charge in [0.2, 0.25) is 10.0 Å². The van der Waals surface area contributed by atoms with Gasteiger partial charge in [0.1, 0.15) is 17.7 Å². The highest BCUT2D eigenvalue weighted by atomic mass is 32.2. The summed E-state index contributed by atoms with van der Waals surface area (Å²) in [4.78, 5) is 17.0. The van der Waals surface area contributed by atoms with Crippen molar-refractivity contribution in [3.8, 4) is 33.8 Å². The van der Waals surface area contributed by atoms with Gasteiger partial charge in [-0.05, 0) is 53.9 Å². The first-order chi connectivity index (χ1) is 20.7.